The Morgan fingerprint density at radius 2 is 1.95 bits per heavy atom. The van der Waals surface area contributed by atoms with Gasteiger partial charge >= 0.3 is 0 Å². The molecule has 3 rings (SSSR count). The Bertz CT molecular complexity index is 816. The maximum Gasteiger partial charge on any atom is 0.130 e. The molecule has 0 saturated carbocycles. The second kappa shape index (κ2) is 5.13. The van der Waals surface area contributed by atoms with Crippen LogP contribution in [0.2, 0.25) is 0 Å². The van der Waals surface area contributed by atoms with Gasteiger partial charge < -0.3 is 4.98 Å². The van der Waals surface area contributed by atoms with Gasteiger partial charge in [0.1, 0.15) is 10.5 Å². The van der Waals surface area contributed by atoms with Gasteiger partial charge in [0, 0.05) is 23.1 Å². The first-order chi connectivity index (χ1) is 9.65. The van der Waals surface area contributed by atoms with E-state index in [0.717, 1.165) is 28.0 Å². The van der Waals surface area contributed by atoms with Crippen molar-refractivity contribution in [2.45, 2.75) is 19.8 Å². The summed E-state index contributed by atoms with van der Waals surface area (Å²) in [6.45, 7) is 4.19. The third-order valence-electron chi connectivity index (χ3n) is 3.23. The highest BCUT2D eigenvalue weighted by molar-refractivity contribution is 7.71. The molecule has 1 N–H and O–H groups in total. The molecule has 3 nitrogen and oxygen atoms in total. The molecule has 0 spiro atoms. The van der Waals surface area contributed by atoms with Gasteiger partial charge in [-0.15, -0.1) is 0 Å². The molecule has 0 aliphatic heterocycles. The quantitative estimate of drug-likeness (QED) is 0.704. The summed E-state index contributed by atoms with van der Waals surface area (Å²) in [6.07, 6.45) is 1.81. The number of H-pyrrole nitrogens is 1. The van der Waals surface area contributed by atoms with Gasteiger partial charge in [0.15, 0.2) is 0 Å². The fourth-order valence-electron chi connectivity index (χ4n) is 2.22. The molecule has 3 aromatic rings. The van der Waals surface area contributed by atoms with Crippen molar-refractivity contribution in [1.29, 1.82) is 0 Å². The van der Waals surface area contributed by atoms with Crippen molar-refractivity contribution in [2.75, 3.05) is 0 Å². The third kappa shape index (κ3) is 2.34. The van der Waals surface area contributed by atoms with Gasteiger partial charge in [-0.1, -0.05) is 50.3 Å². The number of pyridine rings is 1. The van der Waals surface area contributed by atoms with Crippen LogP contribution in [0.1, 0.15) is 25.6 Å². The summed E-state index contributed by atoms with van der Waals surface area (Å²) in [4.78, 5) is 12.2. The first kappa shape index (κ1) is 12.9. The molecule has 100 valence electrons. The van der Waals surface area contributed by atoms with Crippen molar-refractivity contribution in [3.8, 4) is 11.3 Å². The first-order valence-corrected chi connectivity index (χ1v) is 7.01. The molecule has 20 heavy (non-hydrogen) atoms. The van der Waals surface area contributed by atoms with Gasteiger partial charge in [-0.3, -0.25) is 4.98 Å². The predicted octanol–water partition coefficient (Wildman–Crippen LogP) is 4.48. The molecular weight excluding hydrogens is 266 g/mol. The van der Waals surface area contributed by atoms with E-state index in [1.54, 1.807) is 0 Å². The third-order valence-corrected chi connectivity index (χ3v) is 3.44. The molecule has 2 aromatic heterocycles. The summed E-state index contributed by atoms with van der Waals surface area (Å²) in [6, 6.07) is 12.0. The summed E-state index contributed by atoms with van der Waals surface area (Å²) < 4.78 is 0.607. The van der Waals surface area contributed by atoms with E-state index in [-0.39, 0.29) is 0 Å². The number of aromatic amines is 1. The molecule has 0 atom stereocenters. The Morgan fingerprint density at radius 1 is 1.15 bits per heavy atom. The van der Waals surface area contributed by atoms with E-state index >= 15 is 0 Å². The smallest absolute Gasteiger partial charge is 0.130 e. The van der Waals surface area contributed by atoms with Crippen molar-refractivity contribution in [1.82, 2.24) is 15.0 Å². The lowest BCUT2D eigenvalue weighted by atomic mass is 10.1. The van der Waals surface area contributed by atoms with E-state index in [0.29, 0.717) is 10.6 Å². The minimum absolute atomic E-state index is 0.305. The number of nitrogens with zero attached hydrogens (tertiary/aromatic N) is 2. The second-order valence-corrected chi connectivity index (χ2v) is 5.47. The second-order valence-electron chi connectivity index (χ2n) is 5.05. The van der Waals surface area contributed by atoms with Crippen LogP contribution in [-0.2, 0) is 0 Å². The highest BCUT2D eigenvalue weighted by Crippen LogP contribution is 2.26. The standard InChI is InChI=1S/C16H15N3S/c1-10(2)16-18-13(9-14(20)19-16)12-7-3-5-11-6-4-8-17-15(11)12/h3-10H,1-2H3,(H,18,19,20). The lowest BCUT2D eigenvalue weighted by Crippen LogP contribution is -1.99. The van der Waals surface area contributed by atoms with E-state index in [2.05, 4.69) is 47.0 Å². The zero-order valence-electron chi connectivity index (χ0n) is 11.4. The van der Waals surface area contributed by atoms with E-state index in [9.17, 15) is 0 Å². The molecule has 1 aromatic carbocycles. The molecule has 0 saturated heterocycles. The molecular formula is C16H15N3S. The highest BCUT2D eigenvalue weighted by atomic mass is 32.1. The largest absolute Gasteiger partial charge is 0.343 e. The Morgan fingerprint density at radius 3 is 2.75 bits per heavy atom. The van der Waals surface area contributed by atoms with Gasteiger partial charge in [-0.05, 0) is 12.1 Å². The van der Waals surface area contributed by atoms with E-state index in [1.807, 2.05) is 24.4 Å². The molecule has 0 unspecified atom stereocenters. The SMILES string of the molecule is CC(C)c1nc(=S)cc(-c2cccc3cccnc23)[nH]1. The summed E-state index contributed by atoms with van der Waals surface area (Å²) in [5.41, 5.74) is 3.00. The maximum absolute atomic E-state index is 5.28. The fraction of sp³-hybridized carbons (Fsp3) is 0.188. The Balaban J connectivity index is 2.28. The highest BCUT2D eigenvalue weighted by Gasteiger charge is 2.08. The molecule has 0 bridgehead atoms. The van der Waals surface area contributed by atoms with Crippen LogP contribution in [-0.4, -0.2) is 15.0 Å². The van der Waals surface area contributed by atoms with Crippen molar-refractivity contribution >= 4 is 23.1 Å². The normalized spacial score (nSPS) is 11.2. The van der Waals surface area contributed by atoms with Crippen molar-refractivity contribution in [3.05, 3.63) is 53.1 Å². The summed E-state index contributed by atoms with van der Waals surface area (Å²) in [7, 11) is 0. The topological polar surface area (TPSA) is 41.6 Å². The van der Waals surface area contributed by atoms with E-state index in [4.69, 9.17) is 12.2 Å². The minimum Gasteiger partial charge on any atom is -0.343 e. The number of hydrogen-bond acceptors (Lipinski definition) is 3. The average molecular weight is 281 g/mol. The van der Waals surface area contributed by atoms with Crippen LogP contribution in [0.25, 0.3) is 22.2 Å². The monoisotopic (exact) mass is 281 g/mol. The number of hydrogen-bond donors (Lipinski definition) is 1. The van der Waals surface area contributed by atoms with Crippen LogP contribution in [0.4, 0.5) is 0 Å². The van der Waals surface area contributed by atoms with Crippen LogP contribution in [0.5, 0.6) is 0 Å². The number of benzene rings is 1. The number of aromatic nitrogens is 3. The lowest BCUT2D eigenvalue weighted by molar-refractivity contribution is 0.773. The zero-order valence-corrected chi connectivity index (χ0v) is 12.2. The van der Waals surface area contributed by atoms with Crippen LogP contribution in [0.15, 0.2) is 42.6 Å². The molecule has 0 fully saturated rings. The molecule has 4 heteroatoms. The zero-order chi connectivity index (χ0) is 14.1. The van der Waals surface area contributed by atoms with E-state index < -0.39 is 0 Å². The van der Waals surface area contributed by atoms with Crippen LogP contribution >= 0.6 is 12.2 Å². The molecule has 0 radical (unpaired) electrons. The van der Waals surface area contributed by atoms with E-state index in [1.165, 1.54) is 0 Å². The maximum atomic E-state index is 5.28. The van der Waals surface area contributed by atoms with Crippen LogP contribution in [0, 0.1) is 4.64 Å². The van der Waals surface area contributed by atoms with Gasteiger partial charge in [0.2, 0.25) is 0 Å². The molecule has 0 aliphatic carbocycles. The Kier molecular flexibility index (Phi) is 3.32. The molecule has 0 amide bonds. The number of para-hydroxylation sites is 1. The lowest BCUT2D eigenvalue weighted by Gasteiger charge is -2.10. The molecule has 0 aliphatic rings. The van der Waals surface area contributed by atoms with Crippen LogP contribution in [0.3, 0.4) is 0 Å². The number of fused-ring (bicyclic) bond motifs is 1. The number of rotatable bonds is 2. The van der Waals surface area contributed by atoms with Crippen molar-refractivity contribution in [2.24, 2.45) is 0 Å². The fourth-order valence-corrected chi connectivity index (χ4v) is 2.43. The Labute approximate surface area is 122 Å². The summed E-state index contributed by atoms with van der Waals surface area (Å²) in [5.74, 6) is 1.21. The van der Waals surface area contributed by atoms with Gasteiger partial charge in [0.05, 0.1) is 11.2 Å². The predicted molar refractivity (Wildman–Crippen MR) is 84.2 cm³/mol. The average Bonchev–Trinajstić information content (AvgIpc) is 2.46. The Hall–Kier alpha value is -2.07. The number of nitrogens with one attached hydrogen (secondary N) is 1. The summed E-state index contributed by atoms with van der Waals surface area (Å²) >= 11 is 5.28. The first-order valence-electron chi connectivity index (χ1n) is 6.60. The van der Waals surface area contributed by atoms with Crippen LogP contribution < -0.4 is 0 Å². The summed E-state index contributed by atoms with van der Waals surface area (Å²) in [5, 5.41) is 1.12. The molecule has 2 heterocycles. The van der Waals surface area contributed by atoms with Crippen molar-refractivity contribution in [3.63, 3.8) is 0 Å². The van der Waals surface area contributed by atoms with Gasteiger partial charge in [-0.2, -0.15) is 0 Å². The minimum atomic E-state index is 0.305. The van der Waals surface area contributed by atoms with Gasteiger partial charge in [0.25, 0.3) is 0 Å². The van der Waals surface area contributed by atoms with Gasteiger partial charge in [-0.25, -0.2) is 4.98 Å². The van der Waals surface area contributed by atoms with Crippen molar-refractivity contribution < 1.29 is 0 Å².